The van der Waals surface area contributed by atoms with Gasteiger partial charge in [-0.15, -0.1) is 0 Å². The van der Waals surface area contributed by atoms with Crippen LogP contribution in [0.25, 0.3) is 11.2 Å². The topological polar surface area (TPSA) is 30.7 Å². The predicted octanol–water partition coefficient (Wildman–Crippen LogP) is 2.42. The van der Waals surface area contributed by atoms with Crippen LogP contribution < -0.4 is 0 Å². The van der Waals surface area contributed by atoms with Gasteiger partial charge in [0.25, 0.3) is 0 Å². The normalized spacial score (nSPS) is 16.7. The zero-order chi connectivity index (χ0) is 8.84. The van der Waals surface area contributed by atoms with E-state index in [1.807, 2.05) is 12.4 Å². The van der Waals surface area contributed by atoms with E-state index >= 15 is 0 Å². The molecule has 4 heteroatoms. The van der Waals surface area contributed by atoms with Crippen LogP contribution in [0.3, 0.4) is 0 Å². The van der Waals surface area contributed by atoms with Crippen molar-refractivity contribution in [1.29, 1.82) is 0 Å². The maximum Gasteiger partial charge on any atom is 0.161 e. The Balaban J connectivity index is 2.29. The smallest absolute Gasteiger partial charge is 0.161 e. The van der Waals surface area contributed by atoms with Gasteiger partial charge in [-0.2, -0.15) is 0 Å². The fourth-order valence-electron chi connectivity index (χ4n) is 1.51. The Bertz CT molecular complexity index is 459. The lowest BCUT2D eigenvalue weighted by Crippen LogP contribution is -1.92. The summed E-state index contributed by atoms with van der Waals surface area (Å²) in [7, 11) is 0. The largest absolute Gasteiger partial charge is 0.312 e. The highest BCUT2D eigenvalue weighted by Crippen LogP contribution is 2.36. The first-order valence-corrected chi connectivity index (χ1v) is 4.71. The van der Waals surface area contributed by atoms with Crippen LogP contribution in [-0.4, -0.2) is 14.5 Å². The Kier molecular flexibility index (Phi) is 1.38. The van der Waals surface area contributed by atoms with Crippen LogP contribution >= 0.6 is 11.6 Å². The molecule has 3 rings (SSSR count). The van der Waals surface area contributed by atoms with Crippen LogP contribution in [0.15, 0.2) is 18.5 Å². The average molecular weight is 194 g/mol. The van der Waals surface area contributed by atoms with Crippen molar-refractivity contribution in [3.05, 3.63) is 23.6 Å². The van der Waals surface area contributed by atoms with Crippen molar-refractivity contribution < 1.29 is 0 Å². The second kappa shape index (κ2) is 2.45. The molecule has 0 amide bonds. The summed E-state index contributed by atoms with van der Waals surface area (Å²) >= 11 is 5.82. The summed E-state index contributed by atoms with van der Waals surface area (Å²) in [6, 6.07) is 4.29. The maximum atomic E-state index is 5.82. The van der Waals surface area contributed by atoms with Crippen molar-refractivity contribution in [3.63, 3.8) is 0 Å². The number of nitrogens with zero attached hydrogens (tertiary/aromatic N) is 3. The molecule has 0 atom stereocenters. The van der Waals surface area contributed by atoms with Gasteiger partial charge < -0.3 is 4.57 Å². The third-order valence-corrected chi connectivity index (χ3v) is 2.54. The molecule has 66 valence electrons. The summed E-state index contributed by atoms with van der Waals surface area (Å²) in [6.45, 7) is 0. The Hall–Kier alpha value is -1.09. The van der Waals surface area contributed by atoms with Gasteiger partial charge in [-0.3, -0.25) is 0 Å². The highest BCUT2D eigenvalue weighted by molar-refractivity contribution is 6.29. The van der Waals surface area contributed by atoms with Gasteiger partial charge in [-0.1, -0.05) is 11.6 Å². The molecule has 1 fully saturated rings. The van der Waals surface area contributed by atoms with E-state index in [1.54, 1.807) is 6.07 Å². The lowest BCUT2D eigenvalue weighted by atomic mass is 10.4. The standard InChI is InChI=1S/C9H8ClN3/c10-8-4-3-7-9(12-8)13(5-11-7)6-1-2-6/h3-6H,1-2H2. The van der Waals surface area contributed by atoms with Gasteiger partial charge in [0.2, 0.25) is 0 Å². The summed E-state index contributed by atoms with van der Waals surface area (Å²) in [5.74, 6) is 0. The first-order valence-electron chi connectivity index (χ1n) is 4.34. The molecular weight excluding hydrogens is 186 g/mol. The fourth-order valence-corrected chi connectivity index (χ4v) is 1.65. The molecule has 1 saturated carbocycles. The van der Waals surface area contributed by atoms with Crippen LogP contribution in [0.5, 0.6) is 0 Å². The molecule has 0 radical (unpaired) electrons. The molecule has 1 aliphatic carbocycles. The molecule has 0 N–H and O–H groups in total. The van der Waals surface area contributed by atoms with E-state index in [2.05, 4.69) is 14.5 Å². The first-order chi connectivity index (χ1) is 6.34. The zero-order valence-corrected chi connectivity index (χ0v) is 7.70. The number of imidazole rings is 1. The van der Waals surface area contributed by atoms with Gasteiger partial charge in [0.05, 0.1) is 6.33 Å². The number of hydrogen-bond donors (Lipinski definition) is 0. The van der Waals surface area contributed by atoms with E-state index < -0.39 is 0 Å². The Labute approximate surface area is 80.4 Å². The van der Waals surface area contributed by atoms with Crippen LogP contribution in [0.4, 0.5) is 0 Å². The number of fused-ring (bicyclic) bond motifs is 1. The van der Waals surface area contributed by atoms with Crippen LogP contribution in [0.1, 0.15) is 18.9 Å². The summed E-state index contributed by atoms with van der Waals surface area (Å²) in [5.41, 5.74) is 1.84. The van der Waals surface area contributed by atoms with Crippen molar-refractivity contribution in [2.45, 2.75) is 18.9 Å². The van der Waals surface area contributed by atoms with E-state index in [4.69, 9.17) is 11.6 Å². The summed E-state index contributed by atoms with van der Waals surface area (Å²) < 4.78 is 2.11. The summed E-state index contributed by atoms with van der Waals surface area (Å²) in [6.07, 6.45) is 4.32. The quantitative estimate of drug-likeness (QED) is 0.652. The molecule has 1 aliphatic rings. The summed E-state index contributed by atoms with van der Waals surface area (Å²) in [5, 5.41) is 0.537. The van der Waals surface area contributed by atoms with Crippen molar-refractivity contribution in [2.24, 2.45) is 0 Å². The molecular formula is C9H8ClN3. The Morgan fingerprint density at radius 1 is 1.38 bits per heavy atom. The molecule has 0 aromatic carbocycles. The second-order valence-electron chi connectivity index (χ2n) is 3.36. The first kappa shape index (κ1) is 7.33. The minimum Gasteiger partial charge on any atom is -0.312 e. The van der Waals surface area contributed by atoms with Crippen molar-refractivity contribution in [3.8, 4) is 0 Å². The third kappa shape index (κ3) is 1.11. The minimum atomic E-state index is 0.537. The van der Waals surface area contributed by atoms with Crippen molar-refractivity contribution in [2.75, 3.05) is 0 Å². The third-order valence-electron chi connectivity index (χ3n) is 2.33. The Morgan fingerprint density at radius 3 is 3.00 bits per heavy atom. The van der Waals surface area contributed by atoms with Crippen LogP contribution in [0, 0.1) is 0 Å². The highest BCUT2D eigenvalue weighted by Gasteiger charge is 2.25. The van der Waals surface area contributed by atoms with Crippen LogP contribution in [-0.2, 0) is 0 Å². The summed E-state index contributed by atoms with van der Waals surface area (Å²) in [4.78, 5) is 8.53. The minimum absolute atomic E-state index is 0.537. The van der Waals surface area contributed by atoms with Gasteiger partial charge in [0, 0.05) is 6.04 Å². The molecule has 3 nitrogen and oxygen atoms in total. The van der Waals surface area contributed by atoms with Crippen molar-refractivity contribution >= 4 is 22.8 Å². The van der Waals surface area contributed by atoms with E-state index in [9.17, 15) is 0 Å². The number of rotatable bonds is 1. The lowest BCUT2D eigenvalue weighted by molar-refractivity contribution is 0.757. The van der Waals surface area contributed by atoms with E-state index in [0.717, 1.165) is 11.2 Å². The SMILES string of the molecule is Clc1ccc2ncn(C3CC3)c2n1. The molecule has 2 aromatic heterocycles. The molecule has 0 unspecified atom stereocenters. The predicted molar refractivity (Wildman–Crippen MR) is 50.8 cm³/mol. The highest BCUT2D eigenvalue weighted by atomic mass is 35.5. The molecule has 0 saturated heterocycles. The van der Waals surface area contributed by atoms with Crippen molar-refractivity contribution in [1.82, 2.24) is 14.5 Å². The molecule has 0 spiro atoms. The van der Waals surface area contributed by atoms with Gasteiger partial charge in [0.1, 0.15) is 10.7 Å². The van der Waals surface area contributed by atoms with E-state index in [0.29, 0.717) is 11.2 Å². The van der Waals surface area contributed by atoms with E-state index in [1.165, 1.54) is 12.8 Å². The number of pyridine rings is 1. The van der Waals surface area contributed by atoms with E-state index in [-0.39, 0.29) is 0 Å². The average Bonchev–Trinajstić information content (AvgIpc) is 2.87. The molecule has 13 heavy (non-hydrogen) atoms. The Morgan fingerprint density at radius 2 is 2.23 bits per heavy atom. The maximum absolute atomic E-state index is 5.82. The molecule has 2 aromatic rings. The van der Waals surface area contributed by atoms with Gasteiger partial charge in [-0.25, -0.2) is 9.97 Å². The molecule has 0 aliphatic heterocycles. The van der Waals surface area contributed by atoms with Gasteiger partial charge >= 0.3 is 0 Å². The lowest BCUT2D eigenvalue weighted by Gasteiger charge is -1.98. The number of halogens is 1. The van der Waals surface area contributed by atoms with Crippen LogP contribution in [0.2, 0.25) is 5.15 Å². The fraction of sp³-hybridized carbons (Fsp3) is 0.333. The zero-order valence-electron chi connectivity index (χ0n) is 6.94. The van der Waals surface area contributed by atoms with Gasteiger partial charge in [0.15, 0.2) is 5.65 Å². The number of aromatic nitrogens is 3. The van der Waals surface area contributed by atoms with Gasteiger partial charge in [-0.05, 0) is 25.0 Å². The monoisotopic (exact) mass is 193 g/mol. The number of hydrogen-bond acceptors (Lipinski definition) is 2. The second-order valence-corrected chi connectivity index (χ2v) is 3.75. The molecule has 2 heterocycles. The molecule has 0 bridgehead atoms.